The molecule has 416 valence electrons. The zero-order chi connectivity index (χ0) is 51.4. The van der Waals surface area contributed by atoms with E-state index in [0.29, 0.717) is 19.3 Å². The van der Waals surface area contributed by atoms with Gasteiger partial charge < -0.3 is 14.2 Å². The quantitative estimate of drug-likeness (QED) is 0.0261. The fourth-order valence-electron chi connectivity index (χ4n) is 9.46. The van der Waals surface area contributed by atoms with Gasteiger partial charge in [0.25, 0.3) is 0 Å². The normalized spacial score (nSPS) is 12.2. The number of hydrogen-bond donors (Lipinski definition) is 0. The Morgan fingerprint density at radius 1 is 0.296 bits per heavy atom. The second-order valence-corrected chi connectivity index (χ2v) is 21.3. The third-order valence-corrected chi connectivity index (χ3v) is 14.2. The zero-order valence-electron chi connectivity index (χ0n) is 47.8. The molecule has 0 spiro atoms. The maximum Gasteiger partial charge on any atom is 0.306 e. The molecule has 0 aliphatic heterocycles. The van der Waals surface area contributed by atoms with E-state index < -0.39 is 6.10 Å². The fourth-order valence-corrected chi connectivity index (χ4v) is 9.46. The van der Waals surface area contributed by atoms with E-state index in [-0.39, 0.29) is 31.1 Å². The molecular weight excluding hydrogens is 877 g/mol. The highest BCUT2D eigenvalue weighted by atomic mass is 16.6. The van der Waals surface area contributed by atoms with Crippen molar-refractivity contribution in [2.24, 2.45) is 0 Å². The van der Waals surface area contributed by atoms with Gasteiger partial charge in [-0.3, -0.25) is 14.4 Å². The van der Waals surface area contributed by atoms with Crippen LogP contribution in [0, 0.1) is 0 Å². The fraction of sp³-hybridized carbons (Fsp3) is 0.862. The van der Waals surface area contributed by atoms with Crippen LogP contribution in [0.1, 0.15) is 342 Å². The van der Waals surface area contributed by atoms with Gasteiger partial charge in [0.15, 0.2) is 6.10 Å². The Hall–Kier alpha value is -2.37. The van der Waals surface area contributed by atoms with Gasteiger partial charge in [-0.1, -0.05) is 308 Å². The van der Waals surface area contributed by atoms with Crippen LogP contribution in [0.2, 0.25) is 0 Å². The highest BCUT2D eigenvalue weighted by Crippen LogP contribution is 2.18. The average molecular weight is 998 g/mol. The summed E-state index contributed by atoms with van der Waals surface area (Å²) in [5, 5.41) is 0. The van der Waals surface area contributed by atoms with Crippen LogP contribution in [-0.2, 0) is 28.6 Å². The molecule has 0 aromatic heterocycles. The molecule has 0 aromatic rings. The summed E-state index contributed by atoms with van der Waals surface area (Å²) in [5.41, 5.74) is 0. The number of unbranched alkanes of at least 4 members (excludes halogenated alkanes) is 41. The number of allylic oxidation sites excluding steroid dienone is 6. The van der Waals surface area contributed by atoms with Crippen LogP contribution in [0.5, 0.6) is 0 Å². The molecular formula is C65H120O6. The van der Waals surface area contributed by atoms with Crippen molar-refractivity contribution >= 4 is 17.9 Å². The second-order valence-electron chi connectivity index (χ2n) is 21.3. The minimum atomic E-state index is -0.776. The van der Waals surface area contributed by atoms with Gasteiger partial charge in [0, 0.05) is 19.3 Å². The van der Waals surface area contributed by atoms with Crippen LogP contribution in [0.3, 0.4) is 0 Å². The summed E-state index contributed by atoms with van der Waals surface area (Å²) in [6, 6.07) is 0. The molecule has 0 aromatic carbocycles. The van der Waals surface area contributed by atoms with Gasteiger partial charge in [-0.25, -0.2) is 0 Å². The van der Waals surface area contributed by atoms with E-state index in [4.69, 9.17) is 14.2 Å². The number of esters is 3. The number of carbonyl (C=O) groups is 3. The topological polar surface area (TPSA) is 78.9 Å². The van der Waals surface area contributed by atoms with Crippen LogP contribution in [0.4, 0.5) is 0 Å². The largest absolute Gasteiger partial charge is 0.462 e. The van der Waals surface area contributed by atoms with E-state index in [1.54, 1.807) is 0 Å². The standard InChI is InChI=1S/C65H120O6/c1-4-7-10-13-16-18-20-22-24-25-26-27-28-29-30-31-32-33-34-35-36-37-38-39-41-42-44-46-49-52-55-58-64(67)70-61-62(60-69-63(66)57-54-51-48-15-12-9-6-3)71-65(68)59-56-53-50-47-45-43-40-23-21-19-17-14-11-8-5-2/h8,11,17,19,23,40,62H,4-7,9-10,12-16,18,20-22,24-39,41-61H2,1-3H3/b11-8-,19-17-,40-23-. The predicted octanol–water partition coefficient (Wildman–Crippen LogP) is 21.2. The summed E-state index contributed by atoms with van der Waals surface area (Å²) in [6.45, 7) is 6.52. The Kier molecular flexibility index (Phi) is 58.2. The summed E-state index contributed by atoms with van der Waals surface area (Å²) in [7, 11) is 0. The van der Waals surface area contributed by atoms with Crippen molar-refractivity contribution in [2.75, 3.05) is 13.2 Å². The first kappa shape index (κ1) is 68.6. The van der Waals surface area contributed by atoms with Gasteiger partial charge in [-0.15, -0.1) is 0 Å². The Morgan fingerprint density at radius 2 is 0.549 bits per heavy atom. The van der Waals surface area contributed by atoms with E-state index in [0.717, 1.165) is 96.3 Å². The lowest BCUT2D eigenvalue weighted by molar-refractivity contribution is -0.167. The van der Waals surface area contributed by atoms with Crippen LogP contribution < -0.4 is 0 Å². The SMILES string of the molecule is CC/C=C\C/C=C\C/C=C\CCCCCCCC(=O)OC(COC(=O)CCCCCCCCC)COC(=O)CCCCCCCCCCCCCCCCCCCCCCCCCCCCCCCCC. The Morgan fingerprint density at radius 3 is 0.859 bits per heavy atom. The highest BCUT2D eigenvalue weighted by Gasteiger charge is 2.19. The second kappa shape index (κ2) is 60.2. The van der Waals surface area contributed by atoms with Gasteiger partial charge in [0.2, 0.25) is 0 Å². The third kappa shape index (κ3) is 58.4. The summed E-state index contributed by atoms with van der Waals surface area (Å²) in [5.74, 6) is -0.882. The lowest BCUT2D eigenvalue weighted by atomic mass is 10.0. The maximum atomic E-state index is 12.8. The third-order valence-electron chi connectivity index (χ3n) is 14.2. The highest BCUT2D eigenvalue weighted by molar-refractivity contribution is 5.71. The van der Waals surface area contributed by atoms with Crippen molar-refractivity contribution in [3.63, 3.8) is 0 Å². The van der Waals surface area contributed by atoms with Gasteiger partial charge in [-0.2, -0.15) is 0 Å². The van der Waals surface area contributed by atoms with E-state index in [1.165, 1.54) is 205 Å². The molecule has 6 heteroatoms. The van der Waals surface area contributed by atoms with Crippen molar-refractivity contribution in [3.05, 3.63) is 36.5 Å². The molecule has 71 heavy (non-hydrogen) atoms. The number of carbonyl (C=O) groups excluding carboxylic acids is 3. The summed E-state index contributed by atoms with van der Waals surface area (Å²) in [6.07, 6.45) is 73.5. The molecule has 0 fully saturated rings. The molecule has 0 rings (SSSR count). The van der Waals surface area contributed by atoms with Gasteiger partial charge in [-0.05, 0) is 51.4 Å². The minimum Gasteiger partial charge on any atom is -0.462 e. The first-order chi connectivity index (χ1) is 35.0. The minimum absolute atomic E-state index is 0.0753. The van der Waals surface area contributed by atoms with Crippen molar-refractivity contribution in [1.82, 2.24) is 0 Å². The van der Waals surface area contributed by atoms with Gasteiger partial charge in [0.1, 0.15) is 13.2 Å². The molecule has 0 saturated heterocycles. The molecule has 0 N–H and O–H groups in total. The number of rotatable bonds is 58. The van der Waals surface area contributed by atoms with Crippen molar-refractivity contribution < 1.29 is 28.6 Å². The van der Waals surface area contributed by atoms with Crippen molar-refractivity contribution in [1.29, 1.82) is 0 Å². The Labute approximate surface area is 442 Å². The smallest absolute Gasteiger partial charge is 0.306 e. The molecule has 1 unspecified atom stereocenters. The molecule has 0 amide bonds. The molecule has 1 atom stereocenters. The lowest BCUT2D eigenvalue weighted by Gasteiger charge is -2.18. The van der Waals surface area contributed by atoms with Gasteiger partial charge in [0.05, 0.1) is 0 Å². The molecule has 0 aliphatic rings. The van der Waals surface area contributed by atoms with Crippen molar-refractivity contribution in [2.45, 2.75) is 348 Å². The molecule has 0 heterocycles. The maximum absolute atomic E-state index is 12.8. The summed E-state index contributed by atoms with van der Waals surface area (Å²) in [4.78, 5) is 38.0. The Balaban J connectivity index is 3.97. The molecule has 0 radical (unpaired) electrons. The van der Waals surface area contributed by atoms with Crippen molar-refractivity contribution in [3.8, 4) is 0 Å². The summed E-state index contributed by atoms with van der Waals surface area (Å²) >= 11 is 0. The van der Waals surface area contributed by atoms with E-state index in [9.17, 15) is 14.4 Å². The number of ether oxygens (including phenoxy) is 3. The van der Waals surface area contributed by atoms with Crippen LogP contribution >= 0.6 is 0 Å². The monoisotopic (exact) mass is 997 g/mol. The molecule has 0 saturated carbocycles. The van der Waals surface area contributed by atoms with Crippen LogP contribution in [-0.4, -0.2) is 37.2 Å². The van der Waals surface area contributed by atoms with Gasteiger partial charge >= 0.3 is 17.9 Å². The van der Waals surface area contributed by atoms with Crippen LogP contribution in [0.25, 0.3) is 0 Å². The molecule has 0 aliphatic carbocycles. The molecule has 0 bridgehead atoms. The average Bonchev–Trinajstić information content (AvgIpc) is 3.37. The van der Waals surface area contributed by atoms with E-state index >= 15 is 0 Å². The van der Waals surface area contributed by atoms with E-state index in [2.05, 4.69) is 57.2 Å². The van der Waals surface area contributed by atoms with E-state index in [1.807, 2.05) is 0 Å². The van der Waals surface area contributed by atoms with Crippen LogP contribution in [0.15, 0.2) is 36.5 Å². The summed E-state index contributed by atoms with van der Waals surface area (Å²) < 4.78 is 16.8. The first-order valence-electron chi connectivity index (χ1n) is 31.5. The Bertz CT molecular complexity index is 1190. The zero-order valence-corrected chi connectivity index (χ0v) is 47.8. The predicted molar refractivity (Wildman–Crippen MR) is 307 cm³/mol. The lowest BCUT2D eigenvalue weighted by Crippen LogP contribution is -2.30. The first-order valence-corrected chi connectivity index (χ1v) is 31.5. The molecule has 6 nitrogen and oxygen atoms in total. The number of hydrogen-bond acceptors (Lipinski definition) is 6.